The molecule has 0 saturated heterocycles. The summed E-state index contributed by atoms with van der Waals surface area (Å²) >= 11 is 0. The lowest BCUT2D eigenvalue weighted by Gasteiger charge is -2.36. The maximum absolute atomic E-state index is 6.17. The lowest BCUT2D eigenvalue weighted by Crippen LogP contribution is -2.35. The molecule has 3 rings (SSSR count). The van der Waals surface area contributed by atoms with Crippen LogP contribution in [0, 0.1) is 5.41 Å². The topological polar surface area (TPSA) is 38.9 Å². The highest BCUT2D eigenvalue weighted by Gasteiger charge is 2.52. The Hall–Kier alpha value is -0.890. The Morgan fingerprint density at radius 3 is 2.93 bits per heavy atom. The molecule has 15 heavy (non-hydrogen) atoms. The van der Waals surface area contributed by atoms with Gasteiger partial charge in [0.1, 0.15) is 0 Å². The summed E-state index contributed by atoms with van der Waals surface area (Å²) in [5.41, 5.74) is 9.62. The Morgan fingerprint density at radius 2 is 2.27 bits per heavy atom. The molecule has 0 radical (unpaired) electrons. The van der Waals surface area contributed by atoms with Crippen molar-refractivity contribution < 1.29 is 0 Å². The molecule has 2 N–H and O–H groups in total. The number of aromatic nitrogens is 1. The van der Waals surface area contributed by atoms with E-state index < -0.39 is 0 Å². The van der Waals surface area contributed by atoms with Gasteiger partial charge < -0.3 is 5.73 Å². The third-order valence-electron chi connectivity index (χ3n) is 4.25. The van der Waals surface area contributed by atoms with E-state index in [1.807, 2.05) is 12.4 Å². The first kappa shape index (κ1) is 9.34. The van der Waals surface area contributed by atoms with Crippen LogP contribution < -0.4 is 5.73 Å². The number of nitrogens with two attached hydrogens (primary N) is 1. The number of aryl methyl sites for hydroxylation is 1. The van der Waals surface area contributed by atoms with E-state index in [4.69, 9.17) is 5.73 Å². The van der Waals surface area contributed by atoms with Crippen molar-refractivity contribution >= 4 is 0 Å². The Labute approximate surface area is 90.9 Å². The highest BCUT2D eigenvalue weighted by atomic mass is 14.7. The third kappa shape index (κ3) is 1.31. The van der Waals surface area contributed by atoms with Crippen LogP contribution >= 0.6 is 0 Å². The number of pyridine rings is 1. The first-order valence-corrected chi connectivity index (χ1v) is 5.91. The minimum absolute atomic E-state index is 0.260. The average Bonchev–Trinajstić information content (AvgIpc) is 2.98. The van der Waals surface area contributed by atoms with Crippen LogP contribution in [0.1, 0.15) is 43.2 Å². The molecule has 2 nitrogen and oxygen atoms in total. The van der Waals surface area contributed by atoms with Gasteiger partial charge in [-0.25, -0.2) is 0 Å². The van der Waals surface area contributed by atoms with Crippen LogP contribution in [0.25, 0.3) is 0 Å². The van der Waals surface area contributed by atoms with Crippen molar-refractivity contribution in [2.24, 2.45) is 11.1 Å². The summed E-state index contributed by atoms with van der Waals surface area (Å²) in [6.07, 6.45) is 9.24. The van der Waals surface area contributed by atoms with Gasteiger partial charge in [-0.2, -0.15) is 0 Å². The maximum Gasteiger partial charge on any atom is 0.0306 e. The Balaban J connectivity index is 2.08. The lowest BCUT2D eigenvalue weighted by molar-refractivity contribution is 0.312. The van der Waals surface area contributed by atoms with Crippen LogP contribution in [0.3, 0.4) is 0 Å². The molecule has 1 aromatic rings. The zero-order valence-electron chi connectivity index (χ0n) is 9.24. The Bertz CT molecular complexity index is 380. The molecule has 0 amide bonds. The zero-order valence-corrected chi connectivity index (χ0v) is 9.24. The maximum atomic E-state index is 6.17. The SMILES string of the molecule is CC(N)C1c2cnccc2CCC12CC2. The molecule has 1 aromatic heterocycles. The van der Waals surface area contributed by atoms with E-state index in [1.54, 1.807) is 0 Å². The van der Waals surface area contributed by atoms with Gasteiger partial charge in [0, 0.05) is 24.4 Å². The van der Waals surface area contributed by atoms with Crippen LogP contribution in [0.5, 0.6) is 0 Å². The van der Waals surface area contributed by atoms with Crippen LogP contribution in [-0.2, 0) is 6.42 Å². The Kier molecular flexibility index (Phi) is 1.90. The van der Waals surface area contributed by atoms with Gasteiger partial charge >= 0.3 is 0 Å². The van der Waals surface area contributed by atoms with Gasteiger partial charge in [-0.3, -0.25) is 4.98 Å². The van der Waals surface area contributed by atoms with Crippen molar-refractivity contribution in [1.29, 1.82) is 0 Å². The molecule has 80 valence electrons. The van der Waals surface area contributed by atoms with Gasteiger partial charge in [0.2, 0.25) is 0 Å². The van der Waals surface area contributed by atoms with Gasteiger partial charge in [0.05, 0.1) is 0 Å². The zero-order chi connectivity index (χ0) is 10.5. The van der Waals surface area contributed by atoms with Crippen LogP contribution in [0.2, 0.25) is 0 Å². The van der Waals surface area contributed by atoms with Crippen molar-refractivity contribution in [3.8, 4) is 0 Å². The molecule has 2 heteroatoms. The van der Waals surface area contributed by atoms with Gasteiger partial charge in [0.25, 0.3) is 0 Å². The largest absolute Gasteiger partial charge is 0.327 e. The molecule has 2 atom stereocenters. The van der Waals surface area contributed by atoms with Crippen LogP contribution in [-0.4, -0.2) is 11.0 Å². The van der Waals surface area contributed by atoms with Crippen molar-refractivity contribution in [2.45, 2.75) is 44.6 Å². The molecule has 0 bridgehead atoms. The molecule has 2 aliphatic carbocycles. The molecule has 0 aliphatic heterocycles. The van der Waals surface area contributed by atoms with E-state index >= 15 is 0 Å². The predicted octanol–water partition coefficient (Wildman–Crippen LogP) is 2.24. The number of nitrogens with zero attached hydrogens (tertiary/aromatic N) is 1. The van der Waals surface area contributed by atoms with E-state index in [9.17, 15) is 0 Å². The monoisotopic (exact) mass is 202 g/mol. The fourth-order valence-electron chi connectivity index (χ4n) is 3.37. The van der Waals surface area contributed by atoms with Crippen molar-refractivity contribution in [3.63, 3.8) is 0 Å². The summed E-state index contributed by atoms with van der Waals surface area (Å²) in [5.74, 6) is 0.551. The highest BCUT2D eigenvalue weighted by molar-refractivity contribution is 5.35. The second-order valence-electron chi connectivity index (χ2n) is 5.27. The molecule has 2 unspecified atom stereocenters. The summed E-state index contributed by atoms with van der Waals surface area (Å²) < 4.78 is 0. The first-order valence-electron chi connectivity index (χ1n) is 5.91. The van der Waals surface area contributed by atoms with E-state index in [1.165, 1.54) is 36.8 Å². The number of hydrogen-bond acceptors (Lipinski definition) is 2. The highest BCUT2D eigenvalue weighted by Crippen LogP contribution is 2.62. The van der Waals surface area contributed by atoms with Gasteiger partial charge in [-0.05, 0) is 55.2 Å². The fraction of sp³-hybridized carbons (Fsp3) is 0.615. The normalized spacial score (nSPS) is 28.5. The standard InChI is InChI=1S/C13H18N2/c1-9(14)12-11-8-15-7-3-10(11)2-4-13(12)5-6-13/h3,7-9,12H,2,4-6,14H2,1H3. The van der Waals surface area contributed by atoms with Crippen molar-refractivity contribution in [2.75, 3.05) is 0 Å². The van der Waals surface area contributed by atoms with Crippen molar-refractivity contribution in [1.82, 2.24) is 4.98 Å². The quantitative estimate of drug-likeness (QED) is 0.758. The van der Waals surface area contributed by atoms with Crippen LogP contribution in [0.4, 0.5) is 0 Å². The molecule has 1 saturated carbocycles. The summed E-state index contributed by atoms with van der Waals surface area (Å²) in [6, 6.07) is 2.43. The van der Waals surface area contributed by atoms with E-state index in [0.29, 0.717) is 11.3 Å². The molecular weight excluding hydrogens is 184 g/mol. The van der Waals surface area contributed by atoms with Gasteiger partial charge in [0.15, 0.2) is 0 Å². The summed E-state index contributed by atoms with van der Waals surface area (Å²) in [5, 5.41) is 0. The molecule has 0 aromatic carbocycles. The first-order chi connectivity index (χ1) is 7.23. The molecule has 2 aliphatic rings. The molecule has 1 fully saturated rings. The van der Waals surface area contributed by atoms with E-state index in [2.05, 4.69) is 18.0 Å². The second kappa shape index (κ2) is 3.05. The summed E-state index contributed by atoms with van der Waals surface area (Å²) in [7, 11) is 0. The smallest absolute Gasteiger partial charge is 0.0306 e. The van der Waals surface area contributed by atoms with Gasteiger partial charge in [-0.15, -0.1) is 0 Å². The number of hydrogen-bond donors (Lipinski definition) is 1. The third-order valence-corrected chi connectivity index (χ3v) is 4.25. The lowest BCUT2D eigenvalue weighted by atomic mass is 9.70. The second-order valence-corrected chi connectivity index (χ2v) is 5.27. The average molecular weight is 202 g/mol. The minimum Gasteiger partial charge on any atom is -0.327 e. The molecular formula is C13H18N2. The molecule has 1 spiro atoms. The Morgan fingerprint density at radius 1 is 1.47 bits per heavy atom. The predicted molar refractivity (Wildman–Crippen MR) is 60.6 cm³/mol. The fourth-order valence-corrected chi connectivity index (χ4v) is 3.37. The summed E-state index contributed by atoms with van der Waals surface area (Å²) in [6.45, 7) is 2.15. The van der Waals surface area contributed by atoms with E-state index in [-0.39, 0.29) is 6.04 Å². The minimum atomic E-state index is 0.260. The number of fused-ring (bicyclic) bond motifs is 1. The van der Waals surface area contributed by atoms with Crippen molar-refractivity contribution in [3.05, 3.63) is 29.6 Å². The number of rotatable bonds is 1. The van der Waals surface area contributed by atoms with Crippen LogP contribution in [0.15, 0.2) is 18.5 Å². The summed E-state index contributed by atoms with van der Waals surface area (Å²) in [4.78, 5) is 4.27. The molecule has 1 heterocycles. The van der Waals surface area contributed by atoms with E-state index in [0.717, 1.165) is 0 Å². The van der Waals surface area contributed by atoms with Gasteiger partial charge in [-0.1, -0.05) is 0 Å².